The van der Waals surface area contributed by atoms with Gasteiger partial charge in [-0.2, -0.15) is 0 Å². The third kappa shape index (κ3) is 5.64. The molecule has 3 heterocycles. The molecule has 2 aliphatic rings. The van der Waals surface area contributed by atoms with Crippen LogP contribution in [0.3, 0.4) is 0 Å². The molecule has 2 saturated heterocycles. The van der Waals surface area contributed by atoms with Crippen LogP contribution in [-0.2, 0) is 11.3 Å². The number of likely N-dealkylation sites (tertiary alicyclic amines) is 1. The number of H-pyrrole nitrogens is 1. The minimum atomic E-state index is -0.100. The van der Waals surface area contributed by atoms with E-state index in [1.54, 1.807) is 13.0 Å². The van der Waals surface area contributed by atoms with Crippen molar-refractivity contribution in [2.45, 2.75) is 45.6 Å². The fourth-order valence-corrected chi connectivity index (χ4v) is 3.92. The van der Waals surface area contributed by atoms with E-state index in [0.717, 1.165) is 51.4 Å². The molecule has 0 bridgehead atoms. The third-order valence-corrected chi connectivity index (χ3v) is 5.30. The Morgan fingerprint density at radius 2 is 1.73 bits per heavy atom. The van der Waals surface area contributed by atoms with Crippen LogP contribution in [0.4, 0.5) is 0 Å². The minimum Gasteiger partial charge on any atom is -0.340 e. The second-order valence-corrected chi connectivity index (χ2v) is 7.52. The van der Waals surface area contributed by atoms with Crippen molar-refractivity contribution >= 4 is 5.91 Å². The first-order chi connectivity index (χ1) is 12.6. The summed E-state index contributed by atoms with van der Waals surface area (Å²) in [7, 11) is 0. The van der Waals surface area contributed by atoms with Crippen LogP contribution < -0.4 is 5.56 Å². The molecule has 0 aromatic carbocycles. The van der Waals surface area contributed by atoms with Gasteiger partial charge in [0.2, 0.25) is 5.91 Å². The lowest BCUT2D eigenvalue weighted by atomic mass is 10.2. The van der Waals surface area contributed by atoms with Gasteiger partial charge < -0.3 is 9.88 Å². The molecular formula is C19H31N5O2. The van der Waals surface area contributed by atoms with Crippen LogP contribution in [-0.4, -0.2) is 76.4 Å². The maximum Gasteiger partial charge on any atom is 0.251 e. The van der Waals surface area contributed by atoms with E-state index in [2.05, 4.69) is 19.8 Å². The van der Waals surface area contributed by atoms with E-state index in [9.17, 15) is 9.59 Å². The van der Waals surface area contributed by atoms with Crippen LogP contribution >= 0.6 is 0 Å². The topological polar surface area (TPSA) is 72.5 Å². The number of nitrogens with zero attached hydrogens (tertiary/aromatic N) is 4. The molecule has 0 spiro atoms. The quantitative estimate of drug-likeness (QED) is 0.866. The molecule has 7 heteroatoms. The summed E-state index contributed by atoms with van der Waals surface area (Å²) in [5.41, 5.74) is 0.701. The highest BCUT2D eigenvalue weighted by atomic mass is 16.2. The second kappa shape index (κ2) is 9.28. The zero-order valence-electron chi connectivity index (χ0n) is 15.9. The van der Waals surface area contributed by atoms with Gasteiger partial charge in [0, 0.05) is 38.8 Å². The molecule has 26 heavy (non-hydrogen) atoms. The van der Waals surface area contributed by atoms with Crippen LogP contribution in [0.1, 0.15) is 43.6 Å². The zero-order chi connectivity index (χ0) is 18.4. The molecule has 3 rings (SSSR count). The Bertz CT molecular complexity index is 652. The summed E-state index contributed by atoms with van der Waals surface area (Å²) >= 11 is 0. The number of carbonyl (C=O) groups is 1. The first-order valence-electron chi connectivity index (χ1n) is 9.89. The molecule has 1 amide bonds. The van der Waals surface area contributed by atoms with Gasteiger partial charge in [-0.05, 0) is 39.3 Å². The van der Waals surface area contributed by atoms with E-state index in [-0.39, 0.29) is 11.5 Å². The van der Waals surface area contributed by atoms with E-state index in [1.165, 1.54) is 25.7 Å². The van der Waals surface area contributed by atoms with E-state index < -0.39 is 0 Å². The van der Waals surface area contributed by atoms with Crippen LogP contribution in [0.5, 0.6) is 0 Å². The van der Waals surface area contributed by atoms with Gasteiger partial charge in [0.25, 0.3) is 5.56 Å². The van der Waals surface area contributed by atoms with E-state index in [0.29, 0.717) is 18.9 Å². The van der Waals surface area contributed by atoms with Crippen molar-refractivity contribution in [2.75, 3.05) is 45.8 Å². The molecule has 1 aromatic rings. The van der Waals surface area contributed by atoms with Gasteiger partial charge in [-0.1, -0.05) is 12.8 Å². The molecule has 2 aliphatic heterocycles. The Labute approximate surface area is 155 Å². The predicted octanol–water partition coefficient (Wildman–Crippen LogP) is 0.989. The molecule has 2 fully saturated rings. The van der Waals surface area contributed by atoms with Crippen molar-refractivity contribution in [3.8, 4) is 0 Å². The first-order valence-corrected chi connectivity index (χ1v) is 9.89. The summed E-state index contributed by atoms with van der Waals surface area (Å²) in [5.74, 6) is 0.912. The summed E-state index contributed by atoms with van der Waals surface area (Å²) in [6.07, 6.45) is 5.97. The molecule has 0 aliphatic carbocycles. The Kier molecular flexibility index (Phi) is 6.80. The SMILES string of the molecule is Cc1nc(CN2CCCN(C(=O)CN3CCCCCC3)CC2)cc(=O)[nH]1. The molecule has 7 nitrogen and oxygen atoms in total. The monoisotopic (exact) mass is 361 g/mol. The molecule has 0 atom stereocenters. The summed E-state index contributed by atoms with van der Waals surface area (Å²) < 4.78 is 0. The maximum absolute atomic E-state index is 12.7. The number of hydrogen-bond donors (Lipinski definition) is 1. The van der Waals surface area contributed by atoms with Crippen molar-refractivity contribution in [1.82, 2.24) is 24.7 Å². The van der Waals surface area contributed by atoms with Gasteiger partial charge in [0.05, 0.1) is 12.2 Å². The zero-order valence-corrected chi connectivity index (χ0v) is 15.9. The van der Waals surface area contributed by atoms with Crippen LogP contribution in [0.15, 0.2) is 10.9 Å². The molecule has 1 N–H and O–H groups in total. The molecule has 0 unspecified atom stereocenters. The second-order valence-electron chi connectivity index (χ2n) is 7.52. The molecule has 1 aromatic heterocycles. The number of aromatic nitrogens is 2. The lowest BCUT2D eigenvalue weighted by Gasteiger charge is -2.26. The molecule has 0 saturated carbocycles. The number of rotatable bonds is 4. The Hall–Kier alpha value is -1.73. The van der Waals surface area contributed by atoms with Crippen molar-refractivity contribution in [1.29, 1.82) is 0 Å². The Morgan fingerprint density at radius 3 is 2.46 bits per heavy atom. The first kappa shape index (κ1) is 19.0. The van der Waals surface area contributed by atoms with Crippen molar-refractivity contribution in [2.24, 2.45) is 0 Å². The third-order valence-electron chi connectivity index (χ3n) is 5.30. The number of nitrogens with one attached hydrogen (secondary N) is 1. The highest BCUT2D eigenvalue weighted by Crippen LogP contribution is 2.11. The fraction of sp³-hybridized carbons (Fsp3) is 0.737. The highest BCUT2D eigenvalue weighted by molar-refractivity contribution is 5.78. The molecular weight excluding hydrogens is 330 g/mol. The van der Waals surface area contributed by atoms with Crippen molar-refractivity contribution in [3.05, 3.63) is 27.9 Å². The summed E-state index contributed by atoms with van der Waals surface area (Å²) in [5, 5.41) is 0. The van der Waals surface area contributed by atoms with Gasteiger partial charge in [-0.15, -0.1) is 0 Å². The van der Waals surface area contributed by atoms with Crippen molar-refractivity contribution < 1.29 is 4.79 Å². The number of amides is 1. The number of hydrogen-bond acceptors (Lipinski definition) is 5. The van der Waals surface area contributed by atoms with Gasteiger partial charge in [-0.3, -0.25) is 19.4 Å². The van der Waals surface area contributed by atoms with Crippen LogP contribution in [0.2, 0.25) is 0 Å². The van der Waals surface area contributed by atoms with E-state index >= 15 is 0 Å². The number of aryl methyl sites for hydroxylation is 1. The largest absolute Gasteiger partial charge is 0.340 e. The lowest BCUT2D eigenvalue weighted by Crippen LogP contribution is -2.42. The molecule has 144 valence electrons. The van der Waals surface area contributed by atoms with Crippen LogP contribution in [0.25, 0.3) is 0 Å². The summed E-state index contributed by atoms with van der Waals surface area (Å²) in [6, 6.07) is 1.57. The Balaban J connectivity index is 1.50. The average molecular weight is 361 g/mol. The smallest absolute Gasteiger partial charge is 0.251 e. The van der Waals surface area contributed by atoms with Gasteiger partial charge in [0.1, 0.15) is 5.82 Å². The maximum atomic E-state index is 12.7. The standard InChI is InChI=1S/C19H31N5O2/c1-16-20-17(13-18(25)21-16)14-23-9-6-10-24(12-11-23)19(26)15-22-7-4-2-3-5-8-22/h13H,2-12,14-15H2,1H3,(H,20,21,25). The van der Waals surface area contributed by atoms with E-state index in [4.69, 9.17) is 0 Å². The lowest BCUT2D eigenvalue weighted by molar-refractivity contribution is -0.132. The van der Waals surface area contributed by atoms with Gasteiger partial charge in [0.15, 0.2) is 0 Å². The predicted molar refractivity (Wildman–Crippen MR) is 101 cm³/mol. The average Bonchev–Trinajstić information content (AvgIpc) is 2.97. The normalized spacial score (nSPS) is 20.6. The number of carbonyl (C=O) groups excluding carboxylic acids is 1. The van der Waals surface area contributed by atoms with Gasteiger partial charge >= 0.3 is 0 Å². The summed E-state index contributed by atoms with van der Waals surface area (Å²) in [4.78, 5) is 38.0. The fourth-order valence-electron chi connectivity index (χ4n) is 3.92. The molecule has 0 radical (unpaired) electrons. The van der Waals surface area contributed by atoms with Gasteiger partial charge in [-0.25, -0.2) is 4.98 Å². The summed E-state index contributed by atoms with van der Waals surface area (Å²) in [6.45, 7) is 8.49. The van der Waals surface area contributed by atoms with Crippen LogP contribution in [0, 0.1) is 6.92 Å². The Morgan fingerprint density at radius 1 is 1.00 bits per heavy atom. The minimum absolute atomic E-state index is 0.100. The van der Waals surface area contributed by atoms with Crippen molar-refractivity contribution in [3.63, 3.8) is 0 Å². The highest BCUT2D eigenvalue weighted by Gasteiger charge is 2.22. The number of aromatic amines is 1. The van der Waals surface area contributed by atoms with E-state index in [1.807, 2.05) is 4.90 Å².